The number of hydrogen-bond donors (Lipinski definition) is 0. The molecular weight excluding hydrogens is 330 g/mol. The van der Waals surface area contributed by atoms with E-state index in [0.717, 1.165) is 24.5 Å². The minimum Gasteiger partial charge on any atom is -0.383 e. The molecule has 0 aromatic carbocycles. The molecule has 7 heteroatoms. The maximum Gasteiger partial charge on any atom is 0.0878 e. The van der Waals surface area contributed by atoms with Gasteiger partial charge in [-0.2, -0.15) is 5.10 Å². The van der Waals surface area contributed by atoms with Crippen LogP contribution in [-0.2, 0) is 22.6 Å². The Labute approximate surface area is 156 Å². The van der Waals surface area contributed by atoms with Gasteiger partial charge in [-0.1, -0.05) is 32.9 Å². The molecule has 146 valence electrons. The van der Waals surface area contributed by atoms with E-state index in [4.69, 9.17) is 14.6 Å². The Morgan fingerprint density at radius 1 is 1.12 bits per heavy atom. The lowest BCUT2D eigenvalue weighted by Gasteiger charge is -2.15. The van der Waals surface area contributed by atoms with E-state index in [2.05, 4.69) is 55.7 Å². The van der Waals surface area contributed by atoms with Crippen molar-refractivity contribution in [1.29, 1.82) is 0 Å². The van der Waals surface area contributed by atoms with E-state index >= 15 is 0 Å². The summed E-state index contributed by atoms with van der Waals surface area (Å²) >= 11 is 0. The van der Waals surface area contributed by atoms with E-state index in [0.29, 0.717) is 31.7 Å². The number of aromatic nitrogens is 5. The first-order valence-corrected chi connectivity index (χ1v) is 9.41. The minimum atomic E-state index is 0.220. The summed E-state index contributed by atoms with van der Waals surface area (Å²) in [5.41, 5.74) is 3.32. The molecule has 26 heavy (non-hydrogen) atoms. The highest BCUT2D eigenvalue weighted by Gasteiger charge is 2.13. The Balaban J connectivity index is 1.75. The lowest BCUT2D eigenvalue weighted by molar-refractivity contribution is 0.0883. The Hall–Kier alpha value is -1.73. The molecule has 0 fully saturated rings. The molecule has 2 rings (SSSR count). The molecule has 2 unspecified atom stereocenters. The number of methoxy groups -OCH3 is 1. The molecular formula is C19H33N5O2. The van der Waals surface area contributed by atoms with Gasteiger partial charge < -0.3 is 9.47 Å². The number of rotatable bonds is 11. The first-order chi connectivity index (χ1) is 12.4. The molecule has 2 heterocycles. The molecule has 0 aliphatic rings. The van der Waals surface area contributed by atoms with E-state index < -0.39 is 0 Å². The molecule has 0 bridgehead atoms. The minimum absolute atomic E-state index is 0.220. The lowest BCUT2D eigenvalue weighted by atomic mass is 10.1. The van der Waals surface area contributed by atoms with Crippen LogP contribution in [-0.4, -0.2) is 51.7 Å². The van der Waals surface area contributed by atoms with Crippen LogP contribution in [0.5, 0.6) is 0 Å². The monoisotopic (exact) mass is 363 g/mol. The predicted octanol–water partition coefficient (Wildman–Crippen LogP) is 3.01. The second-order valence-electron chi connectivity index (χ2n) is 7.49. The molecule has 0 radical (unpaired) electrons. The van der Waals surface area contributed by atoms with Crippen LogP contribution in [0, 0.1) is 12.8 Å². The van der Waals surface area contributed by atoms with Gasteiger partial charge >= 0.3 is 0 Å². The average molecular weight is 364 g/mol. The summed E-state index contributed by atoms with van der Waals surface area (Å²) in [7, 11) is 1.68. The highest BCUT2D eigenvalue weighted by atomic mass is 16.5. The first-order valence-electron chi connectivity index (χ1n) is 9.41. The molecule has 2 aromatic heterocycles. The topological polar surface area (TPSA) is 67.0 Å². The number of ether oxygens (including phenoxy) is 2. The van der Waals surface area contributed by atoms with E-state index in [1.807, 2.05) is 10.9 Å². The zero-order chi connectivity index (χ0) is 19.1. The third-order valence-electron chi connectivity index (χ3n) is 4.43. The summed E-state index contributed by atoms with van der Waals surface area (Å²) in [4.78, 5) is 0. The average Bonchev–Trinajstić information content (AvgIpc) is 3.20. The van der Waals surface area contributed by atoms with Crippen LogP contribution < -0.4 is 0 Å². The first kappa shape index (κ1) is 20.6. The zero-order valence-corrected chi connectivity index (χ0v) is 17.0. The fraction of sp³-hybridized carbons (Fsp3) is 0.737. The second-order valence-corrected chi connectivity index (χ2v) is 7.49. The van der Waals surface area contributed by atoms with Gasteiger partial charge in [-0.25, -0.2) is 4.68 Å². The summed E-state index contributed by atoms with van der Waals surface area (Å²) in [6.45, 7) is 14.3. The predicted molar refractivity (Wildman–Crippen MR) is 101 cm³/mol. The molecule has 0 aliphatic heterocycles. The summed E-state index contributed by atoms with van der Waals surface area (Å²) in [5, 5.41) is 13.0. The van der Waals surface area contributed by atoms with Crippen LogP contribution in [0.2, 0.25) is 0 Å². The van der Waals surface area contributed by atoms with E-state index in [1.165, 1.54) is 5.69 Å². The molecule has 0 amide bonds. The number of aryl methyl sites for hydroxylation is 1. The van der Waals surface area contributed by atoms with Crippen molar-refractivity contribution >= 4 is 0 Å². The lowest BCUT2D eigenvalue weighted by Crippen LogP contribution is -2.17. The van der Waals surface area contributed by atoms with E-state index in [9.17, 15) is 0 Å². The van der Waals surface area contributed by atoms with Crippen LogP contribution in [0.1, 0.15) is 56.6 Å². The summed E-state index contributed by atoms with van der Waals surface area (Å²) in [6.07, 6.45) is 1.97. The number of nitrogens with zero attached hydrogens (tertiary/aromatic N) is 5. The number of hydrogen-bond acceptors (Lipinski definition) is 5. The summed E-state index contributed by atoms with van der Waals surface area (Å²) < 4.78 is 14.9. The van der Waals surface area contributed by atoms with Crippen LogP contribution in [0.15, 0.2) is 12.3 Å². The van der Waals surface area contributed by atoms with Gasteiger partial charge in [0.1, 0.15) is 0 Å². The fourth-order valence-corrected chi connectivity index (χ4v) is 2.72. The zero-order valence-electron chi connectivity index (χ0n) is 17.0. The Morgan fingerprint density at radius 2 is 1.88 bits per heavy atom. The van der Waals surface area contributed by atoms with Crippen molar-refractivity contribution in [3.63, 3.8) is 0 Å². The van der Waals surface area contributed by atoms with Gasteiger partial charge in [0, 0.05) is 31.5 Å². The van der Waals surface area contributed by atoms with Crippen molar-refractivity contribution in [3.05, 3.63) is 29.3 Å². The Bertz CT molecular complexity index is 665. The van der Waals surface area contributed by atoms with Gasteiger partial charge in [-0.3, -0.25) is 4.68 Å². The highest BCUT2D eigenvalue weighted by Crippen LogP contribution is 2.16. The molecule has 0 spiro atoms. The normalized spacial score (nSPS) is 14.1. The molecule has 2 aromatic rings. The van der Waals surface area contributed by atoms with Crippen molar-refractivity contribution in [2.75, 3.05) is 26.9 Å². The van der Waals surface area contributed by atoms with Crippen LogP contribution >= 0.6 is 0 Å². The van der Waals surface area contributed by atoms with Gasteiger partial charge in [0.05, 0.1) is 37.8 Å². The molecule has 0 aliphatic carbocycles. The van der Waals surface area contributed by atoms with Crippen LogP contribution in [0.4, 0.5) is 0 Å². The SMILES string of the molecule is COCCn1cc(C(C)COCC(C)Cn2nc(C(C)C)cc2C)nn1. The van der Waals surface area contributed by atoms with Crippen molar-refractivity contribution in [3.8, 4) is 0 Å². The Morgan fingerprint density at radius 3 is 2.54 bits per heavy atom. The smallest absolute Gasteiger partial charge is 0.0878 e. The van der Waals surface area contributed by atoms with Crippen molar-refractivity contribution in [1.82, 2.24) is 24.8 Å². The molecule has 0 saturated carbocycles. The van der Waals surface area contributed by atoms with Gasteiger partial charge in [-0.15, -0.1) is 5.10 Å². The quantitative estimate of drug-likeness (QED) is 0.614. The van der Waals surface area contributed by atoms with Crippen LogP contribution in [0.3, 0.4) is 0 Å². The van der Waals surface area contributed by atoms with Gasteiger partial charge in [0.2, 0.25) is 0 Å². The third kappa shape index (κ3) is 5.92. The van der Waals surface area contributed by atoms with E-state index in [1.54, 1.807) is 7.11 Å². The van der Waals surface area contributed by atoms with Gasteiger partial charge in [0.25, 0.3) is 0 Å². The largest absolute Gasteiger partial charge is 0.383 e. The van der Waals surface area contributed by atoms with Crippen molar-refractivity contribution < 1.29 is 9.47 Å². The molecule has 0 N–H and O–H groups in total. The summed E-state index contributed by atoms with van der Waals surface area (Å²) in [6, 6.07) is 2.17. The maximum atomic E-state index is 5.93. The fourth-order valence-electron chi connectivity index (χ4n) is 2.72. The molecule has 2 atom stereocenters. The van der Waals surface area contributed by atoms with Crippen molar-refractivity contribution in [2.45, 2.75) is 59.5 Å². The van der Waals surface area contributed by atoms with Gasteiger partial charge in [0.15, 0.2) is 0 Å². The second kappa shape index (κ2) is 9.83. The standard InChI is InChI=1S/C19H33N5O2/c1-14(2)18-9-17(5)24(21-18)10-15(3)12-26-13-16(4)19-11-23(22-20-19)7-8-25-6/h9,11,14-16H,7-8,10,12-13H2,1-6H3. The molecule has 0 saturated heterocycles. The van der Waals surface area contributed by atoms with Crippen molar-refractivity contribution in [2.24, 2.45) is 5.92 Å². The molecule has 7 nitrogen and oxygen atoms in total. The summed E-state index contributed by atoms with van der Waals surface area (Å²) in [5.74, 6) is 1.08. The van der Waals surface area contributed by atoms with E-state index in [-0.39, 0.29) is 5.92 Å². The van der Waals surface area contributed by atoms with Gasteiger partial charge in [-0.05, 0) is 24.8 Å². The maximum absolute atomic E-state index is 5.93. The highest BCUT2D eigenvalue weighted by molar-refractivity contribution is 5.12. The Kier molecular flexibility index (Phi) is 7.78. The third-order valence-corrected chi connectivity index (χ3v) is 4.43. The van der Waals surface area contributed by atoms with Crippen LogP contribution in [0.25, 0.3) is 0 Å².